The molecule has 144 valence electrons. The molecule has 5 rings (SSSR count). The molecule has 0 aromatic heterocycles. The number of carbonyl (C=O) groups is 1. The van der Waals surface area contributed by atoms with E-state index in [0.29, 0.717) is 23.5 Å². The van der Waals surface area contributed by atoms with E-state index in [1.807, 2.05) is 12.2 Å². The number of nitrogens with zero attached hydrogens (tertiary/aromatic N) is 1. The lowest BCUT2D eigenvalue weighted by Crippen LogP contribution is -2.53. The van der Waals surface area contributed by atoms with Crippen molar-refractivity contribution in [1.29, 1.82) is 5.26 Å². The zero-order valence-electron chi connectivity index (χ0n) is 17.0. The summed E-state index contributed by atoms with van der Waals surface area (Å²) in [5.74, 6) is 3.84. The molecule has 4 saturated carbocycles. The van der Waals surface area contributed by atoms with Gasteiger partial charge in [0.15, 0.2) is 5.78 Å². The first-order chi connectivity index (χ1) is 12.9. The van der Waals surface area contributed by atoms with Gasteiger partial charge in [0.25, 0.3) is 0 Å². The van der Waals surface area contributed by atoms with E-state index >= 15 is 0 Å². The van der Waals surface area contributed by atoms with Crippen LogP contribution in [0, 0.1) is 57.2 Å². The fraction of sp³-hybridized carbons (Fsp3) is 0.760. The number of nitriles is 1. The van der Waals surface area contributed by atoms with Crippen molar-refractivity contribution in [3.63, 3.8) is 0 Å². The van der Waals surface area contributed by atoms with Gasteiger partial charge in [0.05, 0.1) is 11.5 Å². The molecular weight excluding hydrogens is 330 g/mol. The number of allylic oxidation sites excluding steroid dienone is 2. The van der Waals surface area contributed by atoms with Crippen molar-refractivity contribution >= 4 is 5.78 Å². The normalized spacial score (nSPS) is 53.0. The first kappa shape index (κ1) is 17.7. The van der Waals surface area contributed by atoms with Crippen molar-refractivity contribution in [3.8, 4) is 6.07 Å². The molecule has 0 spiro atoms. The molecule has 0 heterocycles. The molecule has 4 fully saturated rings. The summed E-state index contributed by atoms with van der Waals surface area (Å²) in [5, 5.41) is 10.4. The van der Waals surface area contributed by atoms with E-state index in [0.717, 1.165) is 37.5 Å². The molecule has 5 aliphatic rings. The van der Waals surface area contributed by atoms with Gasteiger partial charge in [0.2, 0.25) is 0 Å². The van der Waals surface area contributed by atoms with E-state index in [2.05, 4.69) is 26.5 Å². The van der Waals surface area contributed by atoms with Gasteiger partial charge in [-0.15, -0.1) is 6.58 Å². The van der Waals surface area contributed by atoms with Gasteiger partial charge in [-0.3, -0.25) is 4.79 Å². The third-order valence-corrected chi connectivity index (χ3v) is 10.3. The Balaban J connectivity index is 1.57. The minimum absolute atomic E-state index is 0.144. The van der Waals surface area contributed by atoms with Gasteiger partial charge in [0, 0.05) is 6.42 Å². The fourth-order valence-corrected chi connectivity index (χ4v) is 8.98. The van der Waals surface area contributed by atoms with Crippen molar-refractivity contribution in [2.45, 2.75) is 71.6 Å². The van der Waals surface area contributed by atoms with E-state index in [9.17, 15) is 10.1 Å². The lowest BCUT2D eigenvalue weighted by atomic mass is 9.44. The third kappa shape index (κ3) is 1.94. The highest BCUT2D eigenvalue weighted by Crippen LogP contribution is 2.77. The lowest BCUT2D eigenvalue weighted by molar-refractivity contribution is -0.118. The Morgan fingerprint density at radius 3 is 2.59 bits per heavy atom. The van der Waals surface area contributed by atoms with E-state index in [-0.39, 0.29) is 16.2 Å². The molecule has 27 heavy (non-hydrogen) atoms. The highest BCUT2D eigenvalue weighted by molar-refractivity contribution is 5.91. The number of hydrogen-bond donors (Lipinski definition) is 0. The summed E-state index contributed by atoms with van der Waals surface area (Å²) < 4.78 is 0. The summed E-state index contributed by atoms with van der Waals surface area (Å²) in [6.07, 6.45) is 14.0. The minimum Gasteiger partial charge on any atom is -0.295 e. The van der Waals surface area contributed by atoms with Crippen LogP contribution in [-0.2, 0) is 4.79 Å². The summed E-state index contributed by atoms with van der Waals surface area (Å²) in [6, 6.07) is 2.89. The number of rotatable bonds is 2. The molecule has 0 aromatic rings. The highest BCUT2D eigenvalue weighted by atomic mass is 16.1. The molecule has 0 aliphatic heterocycles. The molecule has 5 aliphatic carbocycles. The Labute approximate surface area is 164 Å². The number of fused-ring (bicyclic) bond motifs is 7. The van der Waals surface area contributed by atoms with Crippen molar-refractivity contribution in [2.75, 3.05) is 0 Å². The Bertz CT molecular complexity index is 774. The van der Waals surface area contributed by atoms with Gasteiger partial charge < -0.3 is 0 Å². The first-order valence-electron chi connectivity index (χ1n) is 11.2. The Morgan fingerprint density at radius 2 is 1.93 bits per heavy atom. The maximum absolute atomic E-state index is 12.0. The van der Waals surface area contributed by atoms with Crippen molar-refractivity contribution in [3.05, 3.63) is 24.3 Å². The molecule has 0 saturated heterocycles. The summed E-state index contributed by atoms with van der Waals surface area (Å²) in [6.45, 7) is 8.96. The molecular formula is C25H33NO. The second-order valence-electron chi connectivity index (χ2n) is 10.8. The molecule has 0 amide bonds. The third-order valence-electron chi connectivity index (χ3n) is 10.3. The van der Waals surface area contributed by atoms with Crippen LogP contribution in [0.4, 0.5) is 0 Å². The maximum Gasteiger partial charge on any atom is 0.155 e. The van der Waals surface area contributed by atoms with E-state index < -0.39 is 0 Å². The highest BCUT2D eigenvalue weighted by Gasteiger charge is 2.72. The SMILES string of the molecule is C=CC[C@]1(C#N)[C@H]2CC[C@H]2[C@H]2[C@@H]3CCC4=CC(=O)CC[C@]4(C)[C@H]3CC[C@@]21C. The van der Waals surface area contributed by atoms with E-state index in [4.69, 9.17) is 0 Å². The second kappa shape index (κ2) is 5.59. The molecule has 8 atom stereocenters. The minimum atomic E-state index is -0.188. The smallest absolute Gasteiger partial charge is 0.155 e. The van der Waals surface area contributed by atoms with Crippen LogP contribution >= 0.6 is 0 Å². The zero-order valence-corrected chi connectivity index (χ0v) is 17.0. The average Bonchev–Trinajstić information content (AvgIpc) is 2.76. The molecule has 0 N–H and O–H groups in total. The predicted octanol–water partition coefficient (Wildman–Crippen LogP) is 5.85. The Morgan fingerprint density at radius 1 is 1.15 bits per heavy atom. The van der Waals surface area contributed by atoms with Crippen LogP contribution in [0.2, 0.25) is 0 Å². The molecule has 0 bridgehead atoms. The lowest BCUT2D eigenvalue weighted by Gasteiger charge is -2.59. The largest absolute Gasteiger partial charge is 0.295 e. The van der Waals surface area contributed by atoms with Crippen molar-refractivity contribution in [2.24, 2.45) is 45.8 Å². The summed E-state index contributed by atoms with van der Waals surface area (Å²) in [7, 11) is 0. The summed E-state index contributed by atoms with van der Waals surface area (Å²) in [5.41, 5.74) is 1.63. The van der Waals surface area contributed by atoms with Gasteiger partial charge in [-0.1, -0.05) is 25.5 Å². The number of carbonyl (C=O) groups excluding carboxylic acids is 1. The monoisotopic (exact) mass is 363 g/mol. The van der Waals surface area contributed by atoms with Gasteiger partial charge in [-0.05, 0) is 97.9 Å². The zero-order chi connectivity index (χ0) is 19.0. The van der Waals surface area contributed by atoms with Gasteiger partial charge in [-0.25, -0.2) is 0 Å². The summed E-state index contributed by atoms with van der Waals surface area (Å²) in [4.78, 5) is 12.0. The fourth-order valence-electron chi connectivity index (χ4n) is 8.98. The van der Waals surface area contributed by atoms with Crippen LogP contribution in [0.1, 0.15) is 71.6 Å². The average molecular weight is 364 g/mol. The first-order valence-corrected chi connectivity index (χ1v) is 11.2. The van der Waals surface area contributed by atoms with E-state index in [1.54, 1.807) is 0 Å². The van der Waals surface area contributed by atoms with Crippen LogP contribution in [0.3, 0.4) is 0 Å². The molecule has 0 aromatic carbocycles. The van der Waals surface area contributed by atoms with Crippen LogP contribution in [0.25, 0.3) is 0 Å². The Hall–Kier alpha value is -1.36. The van der Waals surface area contributed by atoms with Crippen LogP contribution in [-0.4, -0.2) is 5.78 Å². The van der Waals surface area contributed by atoms with E-state index in [1.165, 1.54) is 37.7 Å². The van der Waals surface area contributed by atoms with Gasteiger partial charge in [0.1, 0.15) is 0 Å². The van der Waals surface area contributed by atoms with Crippen LogP contribution < -0.4 is 0 Å². The predicted molar refractivity (Wildman–Crippen MR) is 107 cm³/mol. The van der Waals surface area contributed by atoms with Gasteiger partial charge in [-0.2, -0.15) is 5.26 Å². The topological polar surface area (TPSA) is 40.9 Å². The van der Waals surface area contributed by atoms with Crippen molar-refractivity contribution < 1.29 is 4.79 Å². The van der Waals surface area contributed by atoms with Crippen LogP contribution in [0.5, 0.6) is 0 Å². The summed E-state index contributed by atoms with van der Waals surface area (Å²) >= 11 is 0. The second-order valence-corrected chi connectivity index (χ2v) is 10.8. The van der Waals surface area contributed by atoms with Crippen molar-refractivity contribution in [1.82, 2.24) is 0 Å². The Kier molecular flexibility index (Phi) is 3.67. The quantitative estimate of drug-likeness (QED) is 0.577. The van der Waals surface area contributed by atoms with Crippen LogP contribution in [0.15, 0.2) is 24.3 Å². The number of ketones is 1. The molecule has 0 unspecified atom stereocenters. The standard InChI is InChI=1S/C25H33NO/c1-4-11-25(15-26)21-8-7-19(21)22-18-6-5-16-14-17(27)9-12-23(16,2)20(18)10-13-24(22,25)3/h4,14,18-22H,1,5-13H2,2-3H3/t18-,19-,20+,21+,22-,23+,24+,25+/m1/s1. The van der Waals surface area contributed by atoms with Gasteiger partial charge >= 0.3 is 0 Å². The molecule has 2 nitrogen and oxygen atoms in total. The molecule has 2 heteroatoms. The maximum atomic E-state index is 12.0. The molecule has 0 radical (unpaired) electrons. The number of hydrogen-bond acceptors (Lipinski definition) is 2.